The summed E-state index contributed by atoms with van der Waals surface area (Å²) in [6.45, 7) is 0.469. The fourth-order valence-corrected chi connectivity index (χ4v) is 2.51. The lowest BCUT2D eigenvalue weighted by Gasteiger charge is -2.27. The first-order chi connectivity index (χ1) is 11.8. The number of hydrogen-bond acceptors (Lipinski definition) is 3. The molecule has 5 nitrogen and oxygen atoms in total. The molecule has 0 bridgehead atoms. The lowest BCUT2D eigenvalue weighted by Crippen LogP contribution is -2.25. The molecule has 1 aliphatic carbocycles. The van der Waals surface area contributed by atoms with Crippen LogP contribution in [0.2, 0.25) is 0 Å². The SMILES string of the molecule is COc1ccccc1NC(N)=NCc1ccccc1OC1CCC1.I. The highest BCUT2D eigenvalue weighted by Gasteiger charge is 2.20. The third-order valence-corrected chi connectivity index (χ3v) is 4.11. The Bertz CT molecular complexity index is 717. The van der Waals surface area contributed by atoms with Gasteiger partial charge in [0, 0.05) is 5.56 Å². The smallest absolute Gasteiger partial charge is 0.193 e. The minimum Gasteiger partial charge on any atom is -0.495 e. The average Bonchev–Trinajstić information content (AvgIpc) is 2.57. The van der Waals surface area contributed by atoms with Gasteiger partial charge in [-0.05, 0) is 37.5 Å². The van der Waals surface area contributed by atoms with Crippen molar-refractivity contribution in [3.8, 4) is 11.5 Å². The fourth-order valence-electron chi connectivity index (χ4n) is 2.51. The second-order valence-corrected chi connectivity index (χ2v) is 5.81. The molecule has 3 N–H and O–H groups in total. The first kappa shape index (κ1) is 19.4. The molecule has 0 unspecified atom stereocenters. The highest BCUT2D eigenvalue weighted by atomic mass is 127. The molecular weight excluding hydrogens is 429 g/mol. The molecule has 134 valence electrons. The monoisotopic (exact) mass is 453 g/mol. The molecule has 2 aromatic rings. The van der Waals surface area contributed by atoms with Crippen molar-refractivity contribution in [1.82, 2.24) is 0 Å². The van der Waals surface area contributed by atoms with E-state index >= 15 is 0 Å². The van der Waals surface area contributed by atoms with Crippen molar-refractivity contribution in [3.63, 3.8) is 0 Å². The Balaban J connectivity index is 0.00000225. The molecule has 0 radical (unpaired) electrons. The molecule has 0 atom stereocenters. The molecule has 25 heavy (non-hydrogen) atoms. The summed E-state index contributed by atoms with van der Waals surface area (Å²) in [5.74, 6) is 1.97. The quantitative estimate of drug-likeness (QED) is 0.392. The zero-order valence-electron chi connectivity index (χ0n) is 14.3. The molecule has 6 heteroatoms. The van der Waals surface area contributed by atoms with Gasteiger partial charge in [0.2, 0.25) is 0 Å². The third-order valence-electron chi connectivity index (χ3n) is 4.11. The number of rotatable bonds is 6. The molecular formula is C19H24IN3O2. The van der Waals surface area contributed by atoms with Crippen LogP contribution in [-0.4, -0.2) is 19.2 Å². The molecule has 1 aliphatic rings. The van der Waals surface area contributed by atoms with Gasteiger partial charge in [-0.2, -0.15) is 0 Å². The van der Waals surface area contributed by atoms with Crippen LogP contribution in [0.15, 0.2) is 53.5 Å². The van der Waals surface area contributed by atoms with Gasteiger partial charge in [0.25, 0.3) is 0 Å². The number of nitrogens with one attached hydrogen (secondary N) is 1. The molecule has 1 fully saturated rings. The normalized spacial score (nSPS) is 14.2. The minimum atomic E-state index is 0. The Hall–Kier alpha value is -1.96. The second kappa shape index (κ2) is 9.50. The van der Waals surface area contributed by atoms with Crippen LogP contribution in [0.3, 0.4) is 0 Å². The van der Waals surface area contributed by atoms with Gasteiger partial charge in [-0.15, -0.1) is 24.0 Å². The van der Waals surface area contributed by atoms with Crippen molar-refractivity contribution in [2.75, 3.05) is 12.4 Å². The maximum Gasteiger partial charge on any atom is 0.193 e. The summed E-state index contributed by atoms with van der Waals surface area (Å²) >= 11 is 0. The predicted octanol–water partition coefficient (Wildman–Crippen LogP) is 4.17. The number of para-hydroxylation sites is 3. The maximum absolute atomic E-state index is 6.02. The van der Waals surface area contributed by atoms with Crippen LogP contribution in [0, 0.1) is 0 Å². The molecule has 0 saturated heterocycles. The average molecular weight is 453 g/mol. The summed E-state index contributed by atoms with van der Waals surface area (Å²) in [7, 11) is 1.63. The number of methoxy groups -OCH3 is 1. The molecule has 2 aromatic carbocycles. The number of benzene rings is 2. The molecule has 3 rings (SSSR count). The number of aliphatic imine (C=N–C) groups is 1. The van der Waals surface area contributed by atoms with E-state index < -0.39 is 0 Å². The van der Waals surface area contributed by atoms with Gasteiger partial charge in [-0.1, -0.05) is 30.3 Å². The zero-order valence-corrected chi connectivity index (χ0v) is 16.6. The highest BCUT2D eigenvalue weighted by Crippen LogP contribution is 2.28. The molecule has 1 saturated carbocycles. The van der Waals surface area contributed by atoms with Crippen molar-refractivity contribution < 1.29 is 9.47 Å². The van der Waals surface area contributed by atoms with Crippen LogP contribution < -0.4 is 20.5 Å². The maximum atomic E-state index is 6.02. The summed E-state index contributed by atoms with van der Waals surface area (Å²) in [6, 6.07) is 15.6. The zero-order chi connectivity index (χ0) is 16.8. The van der Waals surface area contributed by atoms with Crippen LogP contribution in [0.5, 0.6) is 11.5 Å². The van der Waals surface area contributed by atoms with Crippen molar-refractivity contribution in [2.45, 2.75) is 31.9 Å². The van der Waals surface area contributed by atoms with Gasteiger partial charge in [0.05, 0.1) is 25.4 Å². The summed E-state index contributed by atoms with van der Waals surface area (Å²) in [4.78, 5) is 4.42. The van der Waals surface area contributed by atoms with Crippen molar-refractivity contribution in [3.05, 3.63) is 54.1 Å². The lowest BCUT2D eigenvalue weighted by atomic mass is 9.96. The summed E-state index contributed by atoms with van der Waals surface area (Å²) in [5, 5.41) is 3.08. The van der Waals surface area contributed by atoms with E-state index in [2.05, 4.69) is 10.3 Å². The van der Waals surface area contributed by atoms with Gasteiger partial charge in [-0.25, -0.2) is 4.99 Å². The van der Waals surface area contributed by atoms with Crippen molar-refractivity contribution in [2.24, 2.45) is 10.7 Å². The van der Waals surface area contributed by atoms with E-state index in [1.54, 1.807) is 7.11 Å². The first-order valence-electron chi connectivity index (χ1n) is 8.21. The number of halogens is 1. The highest BCUT2D eigenvalue weighted by molar-refractivity contribution is 14.0. The van der Waals surface area contributed by atoms with Crippen molar-refractivity contribution >= 4 is 35.6 Å². The molecule has 0 heterocycles. The summed E-state index contributed by atoms with van der Waals surface area (Å²) < 4.78 is 11.3. The Morgan fingerprint density at radius 2 is 1.80 bits per heavy atom. The summed E-state index contributed by atoms with van der Waals surface area (Å²) in [6.07, 6.45) is 3.87. The van der Waals surface area contributed by atoms with E-state index in [1.807, 2.05) is 48.5 Å². The van der Waals surface area contributed by atoms with Crippen LogP contribution in [0.25, 0.3) is 0 Å². The number of hydrogen-bond donors (Lipinski definition) is 2. The van der Waals surface area contributed by atoms with Crippen LogP contribution in [0.1, 0.15) is 24.8 Å². The fraction of sp³-hybridized carbons (Fsp3) is 0.316. The lowest BCUT2D eigenvalue weighted by molar-refractivity contribution is 0.119. The number of guanidine groups is 1. The molecule has 0 spiro atoms. The van der Waals surface area contributed by atoms with Crippen LogP contribution in [-0.2, 0) is 6.54 Å². The van der Waals surface area contributed by atoms with E-state index in [0.717, 1.165) is 35.6 Å². The minimum absolute atomic E-state index is 0. The van der Waals surface area contributed by atoms with Crippen LogP contribution >= 0.6 is 24.0 Å². The van der Waals surface area contributed by atoms with E-state index in [0.29, 0.717) is 18.6 Å². The van der Waals surface area contributed by atoms with E-state index in [9.17, 15) is 0 Å². The topological polar surface area (TPSA) is 68.9 Å². The largest absolute Gasteiger partial charge is 0.495 e. The van der Waals surface area contributed by atoms with Gasteiger partial charge >= 0.3 is 0 Å². The molecule has 0 amide bonds. The Morgan fingerprint density at radius 3 is 2.48 bits per heavy atom. The second-order valence-electron chi connectivity index (χ2n) is 5.81. The Labute approximate surface area is 165 Å². The number of anilines is 1. The number of nitrogens with two attached hydrogens (primary N) is 1. The van der Waals surface area contributed by atoms with Gasteiger partial charge in [0.15, 0.2) is 5.96 Å². The van der Waals surface area contributed by atoms with Crippen LogP contribution in [0.4, 0.5) is 5.69 Å². The Kier molecular flexibility index (Phi) is 7.36. The Morgan fingerprint density at radius 1 is 1.12 bits per heavy atom. The van der Waals surface area contributed by atoms with Gasteiger partial charge in [0.1, 0.15) is 11.5 Å². The predicted molar refractivity (Wildman–Crippen MR) is 112 cm³/mol. The standard InChI is InChI=1S/C19H23N3O2.HI/c1-23-18-12-5-3-10-16(18)22-19(20)21-13-14-7-2-4-11-17(14)24-15-8-6-9-15;/h2-5,7,10-12,15H,6,8-9,13H2,1H3,(H3,20,21,22);1H. The van der Waals surface area contributed by atoms with Gasteiger partial charge < -0.3 is 20.5 Å². The first-order valence-corrected chi connectivity index (χ1v) is 8.21. The van der Waals surface area contributed by atoms with E-state index in [1.165, 1.54) is 6.42 Å². The van der Waals surface area contributed by atoms with Gasteiger partial charge in [-0.3, -0.25) is 0 Å². The number of nitrogens with zero attached hydrogens (tertiary/aromatic N) is 1. The van der Waals surface area contributed by atoms with E-state index in [-0.39, 0.29) is 24.0 Å². The molecule has 0 aliphatic heterocycles. The van der Waals surface area contributed by atoms with E-state index in [4.69, 9.17) is 15.2 Å². The summed E-state index contributed by atoms with van der Waals surface area (Å²) in [5.41, 5.74) is 7.84. The number of ether oxygens (including phenoxy) is 2. The molecule has 0 aromatic heterocycles. The third kappa shape index (κ3) is 5.26. The van der Waals surface area contributed by atoms with Crippen molar-refractivity contribution in [1.29, 1.82) is 0 Å².